The third-order valence-corrected chi connectivity index (χ3v) is 5.11. The number of carbonyl (C=O) groups excluding carboxylic acids is 2. The highest BCUT2D eigenvalue weighted by Crippen LogP contribution is 2.32. The number of hydrogen-bond acceptors (Lipinski definition) is 3. The van der Waals surface area contributed by atoms with Gasteiger partial charge >= 0.3 is 0 Å². The fourth-order valence-corrected chi connectivity index (χ4v) is 3.88. The lowest BCUT2D eigenvalue weighted by atomic mass is 9.84. The summed E-state index contributed by atoms with van der Waals surface area (Å²) in [6.07, 6.45) is 6.86. The molecule has 0 saturated heterocycles. The van der Waals surface area contributed by atoms with Gasteiger partial charge in [0.25, 0.3) is 0 Å². The molecule has 0 radical (unpaired) electrons. The van der Waals surface area contributed by atoms with Crippen LogP contribution < -0.4 is 11.1 Å². The molecule has 3 N–H and O–H groups in total. The van der Waals surface area contributed by atoms with Gasteiger partial charge in [0.1, 0.15) is 0 Å². The van der Waals surface area contributed by atoms with Gasteiger partial charge in [0.2, 0.25) is 11.8 Å². The lowest BCUT2D eigenvalue weighted by molar-refractivity contribution is -0.135. The molecule has 21 heavy (non-hydrogen) atoms. The third kappa shape index (κ3) is 3.96. The molecule has 0 aromatic heterocycles. The molecule has 120 valence electrons. The number of amides is 2. The van der Waals surface area contributed by atoms with Crippen molar-refractivity contribution in [2.75, 3.05) is 20.6 Å². The van der Waals surface area contributed by atoms with Crippen LogP contribution in [0.3, 0.4) is 0 Å². The molecule has 2 rings (SSSR count). The summed E-state index contributed by atoms with van der Waals surface area (Å²) in [5.41, 5.74) is 5.76. The zero-order valence-electron chi connectivity index (χ0n) is 13.3. The molecule has 2 aliphatic rings. The van der Waals surface area contributed by atoms with Crippen LogP contribution in [0.5, 0.6) is 0 Å². The first-order valence-corrected chi connectivity index (χ1v) is 8.24. The van der Waals surface area contributed by atoms with Crippen molar-refractivity contribution < 1.29 is 9.59 Å². The quantitative estimate of drug-likeness (QED) is 0.816. The van der Waals surface area contributed by atoms with Gasteiger partial charge < -0.3 is 16.0 Å². The van der Waals surface area contributed by atoms with Crippen LogP contribution in [0, 0.1) is 17.8 Å². The van der Waals surface area contributed by atoms with E-state index in [2.05, 4.69) is 5.32 Å². The monoisotopic (exact) mass is 295 g/mol. The molecule has 5 heteroatoms. The Bertz CT molecular complexity index is 384. The first kappa shape index (κ1) is 16.3. The third-order valence-electron chi connectivity index (χ3n) is 5.11. The summed E-state index contributed by atoms with van der Waals surface area (Å²) in [7, 11) is 3.60. The van der Waals surface area contributed by atoms with Crippen LogP contribution in [0.25, 0.3) is 0 Å². The molecular weight excluding hydrogens is 266 g/mol. The second-order valence-corrected chi connectivity index (χ2v) is 6.83. The molecule has 5 nitrogen and oxygen atoms in total. The van der Waals surface area contributed by atoms with Gasteiger partial charge in [0.05, 0.1) is 0 Å². The zero-order chi connectivity index (χ0) is 15.4. The maximum atomic E-state index is 12.4. The average molecular weight is 295 g/mol. The van der Waals surface area contributed by atoms with Crippen molar-refractivity contribution in [3.63, 3.8) is 0 Å². The van der Waals surface area contributed by atoms with Crippen LogP contribution in [0.15, 0.2) is 0 Å². The molecular formula is C16H29N3O2. The molecule has 2 unspecified atom stereocenters. The van der Waals surface area contributed by atoms with Crippen LogP contribution >= 0.6 is 0 Å². The zero-order valence-corrected chi connectivity index (χ0v) is 13.3. The molecule has 0 heterocycles. The largest absolute Gasteiger partial charge is 0.353 e. The minimum Gasteiger partial charge on any atom is -0.353 e. The standard InChI is InChI=1S/C16H29N3O2/c1-19(2)16(21)11-5-3-7-13(9-11)18-15(20)14-8-4-6-12(14)10-17/h11-14H,3-10,17H2,1-2H3,(H,18,20)/t11?,12-,13?,14-/m1/s1. The van der Waals surface area contributed by atoms with E-state index in [-0.39, 0.29) is 29.7 Å². The smallest absolute Gasteiger partial charge is 0.225 e. The van der Waals surface area contributed by atoms with Crippen molar-refractivity contribution in [1.82, 2.24) is 10.2 Å². The Morgan fingerprint density at radius 1 is 1.14 bits per heavy atom. The van der Waals surface area contributed by atoms with E-state index in [9.17, 15) is 9.59 Å². The second-order valence-electron chi connectivity index (χ2n) is 6.83. The molecule has 2 amide bonds. The molecule has 0 aliphatic heterocycles. The first-order chi connectivity index (χ1) is 10.0. The molecule has 0 aromatic rings. The summed E-state index contributed by atoms with van der Waals surface area (Å²) in [6.45, 7) is 0.602. The highest BCUT2D eigenvalue weighted by molar-refractivity contribution is 5.80. The fraction of sp³-hybridized carbons (Fsp3) is 0.875. The van der Waals surface area contributed by atoms with E-state index in [0.29, 0.717) is 12.5 Å². The molecule has 0 bridgehead atoms. The Labute approximate surface area is 127 Å². The van der Waals surface area contributed by atoms with Gasteiger partial charge in [-0.05, 0) is 44.6 Å². The summed E-state index contributed by atoms with van der Waals surface area (Å²) >= 11 is 0. The van der Waals surface area contributed by atoms with Crippen molar-refractivity contribution in [3.05, 3.63) is 0 Å². The van der Waals surface area contributed by atoms with Crippen molar-refractivity contribution in [2.24, 2.45) is 23.5 Å². The van der Waals surface area contributed by atoms with Crippen molar-refractivity contribution in [2.45, 2.75) is 51.0 Å². The minimum absolute atomic E-state index is 0.0629. The van der Waals surface area contributed by atoms with Gasteiger partial charge in [0, 0.05) is 32.0 Å². The summed E-state index contributed by atoms with van der Waals surface area (Å²) in [5, 5.41) is 3.18. The van der Waals surface area contributed by atoms with Crippen molar-refractivity contribution >= 4 is 11.8 Å². The Balaban J connectivity index is 1.87. The van der Waals surface area contributed by atoms with E-state index in [1.807, 2.05) is 0 Å². The number of rotatable bonds is 4. The molecule has 4 atom stereocenters. The molecule has 2 aliphatic carbocycles. The summed E-state index contributed by atoms with van der Waals surface area (Å²) < 4.78 is 0. The Morgan fingerprint density at radius 3 is 2.52 bits per heavy atom. The Kier molecular flexibility index (Phi) is 5.62. The maximum Gasteiger partial charge on any atom is 0.225 e. The van der Waals surface area contributed by atoms with E-state index < -0.39 is 0 Å². The van der Waals surface area contributed by atoms with Gasteiger partial charge in [0.15, 0.2) is 0 Å². The van der Waals surface area contributed by atoms with E-state index in [1.54, 1.807) is 19.0 Å². The van der Waals surface area contributed by atoms with Crippen LogP contribution in [0.1, 0.15) is 44.9 Å². The van der Waals surface area contributed by atoms with Crippen molar-refractivity contribution in [1.29, 1.82) is 0 Å². The molecule has 0 spiro atoms. The molecule has 0 aromatic carbocycles. The SMILES string of the molecule is CN(C)C(=O)C1CCCC(NC(=O)[C@@H]2CCC[C@@H]2CN)C1. The van der Waals surface area contributed by atoms with Gasteiger partial charge in [-0.25, -0.2) is 0 Å². The minimum atomic E-state index is 0.0629. The number of carbonyl (C=O) groups is 2. The Morgan fingerprint density at radius 2 is 1.86 bits per heavy atom. The summed E-state index contributed by atoms with van der Waals surface area (Å²) in [5.74, 6) is 0.834. The highest BCUT2D eigenvalue weighted by atomic mass is 16.2. The number of nitrogens with one attached hydrogen (secondary N) is 1. The lowest BCUT2D eigenvalue weighted by Gasteiger charge is -2.31. The second kappa shape index (κ2) is 7.25. The first-order valence-electron chi connectivity index (χ1n) is 8.24. The highest BCUT2D eigenvalue weighted by Gasteiger charge is 2.34. The topological polar surface area (TPSA) is 75.4 Å². The number of nitrogens with two attached hydrogens (primary N) is 1. The van der Waals surface area contributed by atoms with E-state index in [4.69, 9.17) is 5.73 Å². The maximum absolute atomic E-state index is 12.4. The van der Waals surface area contributed by atoms with Gasteiger partial charge in [-0.3, -0.25) is 9.59 Å². The van der Waals surface area contributed by atoms with E-state index in [1.165, 1.54) is 0 Å². The predicted molar refractivity (Wildman–Crippen MR) is 82.5 cm³/mol. The van der Waals surface area contributed by atoms with Gasteiger partial charge in [-0.15, -0.1) is 0 Å². The van der Waals surface area contributed by atoms with E-state index in [0.717, 1.165) is 44.9 Å². The molecule has 2 saturated carbocycles. The lowest BCUT2D eigenvalue weighted by Crippen LogP contribution is -2.45. The number of nitrogens with zero attached hydrogens (tertiary/aromatic N) is 1. The predicted octanol–water partition coefficient (Wildman–Crippen LogP) is 1.12. The van der Waals surface area contributed by atoms with Crippen molar-refractivity contribution in [3.8, 4) is 0 Å². The average Bonchev–Trinajstić information content (AvgIpc) is 2.95. The summed E-state index contributed by atoms with van der Waals surface area (Å²) in [6, 6.07) is 0.152. The number of hydrogen-bond donors (Lipinski definition) is 2. The van der Waals surface area contributed by atoms with Crippen LogP contribution in [0.4, 0.5) is 0 Å². The van der Waals surface area contributed by atoms with Crippen LogP contribution in [-0.4, -0.2) is 43.4 Å². The fourth-order valence-electron chi connectivity index (χ4n) is 3.88. The Hall–Kier alpha value is -1.10. The van der Waals surface area contributed by atoms with Gasteiger partial charge in [-0.1, -0.05) is 12.8 Å². The van der Waals surface area contributed by atoms with E-state index >= 15 is 0 Å². The van der Waals surface area contributed by atoms with Crippen LogP contribution in [-0.2, 0) is 9.59 Å². The van der Waals surface area contributed by atoms with Gasteiger partial charge in [-0.2, -0.15) is 0 Å². The summed E-state index contributed by atoms with van der Waals surface area (Å²) in [4.78, 5) is 26.2. The molecule has 2 fully saturated rings. The normalized spacial score (nSPS) is 32.7. The van der Waals surface area contributed by atoms with Crippen LogP contribution in [0.2, 0.25) is 0 Å².